The SMILES string of the molecule is FC(F)(F)c1nc(-c2ncc(Br)cn2)no1. The summed E-state index contributed by atoms with van der Waals surface area (Å²) in [5.41, 5.74) is 0. The average Bonchev–Trinajstić information content (AvgIpc) is 2.67. The van der Waals surface area contributed by atoms with Gasteiger partial charge in [0.1, 0.15) is 0 Å². The van der Waals surface area contributed by atoms with Crippen molar-refractivity contribution in [2.75, 3.05) is 0 Å². The van der Waals surface area contributed by atoms with Crippen LogP contribution in [-0.4, -0.2) is 20.1 Å². The van der Waals surface area contributed by atoms with E-state index in [9.17, 15) is 13.2 Å². The van der Waals surface area contributed by atoms with Crippen LogP contribution in [0.4, 0.5) is 13.2 Å². The molecule has 0 atom stereocenters. The van der Waals surface area contributed by atoms with Crippen LogP contribution in [0.3, 0.4) is 0 Å². The summed E-state index contributed by atoms with van der Waals surface area (Å²) < 4.78 is 41.0. The summed E-state index contributed by atoms with van der Waals surface area (Å²) in [6.07, 6.45) is -1.93. The summed E-state index contributed by atoms with van der Waals surface area (Å²) >= 11 is 3.09. The van der Waals surface area contributed by atoms with E-state index in [-0.39, 0.29) is 11.6 Å². The Balaban J connectivity index is 2.35. The second kappa shape index (κ2) is 3.81. The fourth-order valence-electron chi connectivity index (χ4n) is 0.857. The summed E-state index contributed by atoms with van der Waals surface area (Å²) in [6, 6.07) is 0. The Hall–Kier alpha value is -1.51. The highest BCUT2D eigenvalue weighted by Crippen LogP contribution is 2.28. The standard InChI is InChI=1S/C7H2BrF3N4O/c8-3-1-12-4(13-2-3)5-14-6(16-15-5)7(9,10)11/h1-2H. The highest BCUT2D eigenvalue weighted by atomic mass is 79.9. The van der Waals surface area contributed by atoms with E-state index in [0.717, 1.165) is 0 Å². The van der Waals surface area contributed by atoms with Gasteiger partial charge in [0.2, 0.25) is 11.6 Å². The zero-order chi connectivity index (χ0) is 11.8. The van der Waals surface area contributed by atoms with Crippen molar-refractivity contribution in [1.29, 1.82) is 0 Å². The average molecular weight is 295 g/mol. The predicted molar refractivity (Wildman–Crippen MR) is 48.0 cm³/mol. The van der Waals surface area contributed by atoms with Crippen LogP contribution in [0, 0.1) is 0 Å². The van der Waals surface area contributed by atoms with Gasteiger partial charge in [-0.15, -0.1) is 0 Å². The first kappa shape index (κ1) is 11.0. The first-order chi connectivity index (χ1) is 7.47. The van der Waals surface area contributed by atoms with Crippen LogP contribution in [0.2, 0.25) is 0 Å². The van der Waals surface area contributed by atoms with E-state index in [4.69, 9.17) is 0 Å². The minimum Gasteiger partial charge on any atom is -0.329 e. The molecule has 0 aliphatic rings. The van der Waals surface area contributed by atoms with Crippen LogP contribution in [0.25, 0.3) is 11.6 Å². The monoisotopic (exact) mass is 294 g/mol. The lowest BCUT2D eigenvalue weighted by molar-refractivity contribution is -0.159. The van der Waals surface area contributed by atoms with Gasteiger partial charge in [-0.25, -0.2) is 9.97 Å². The van der Waals surface area contributed by atoms with Crippen molar-refractivity contribution in [3.05, 3.63) is 22.8 Å². The van der Waals surface area contributed by atoms with Crippen molar-refractivity contribution in [2.45, 2.75) is 6.18 Å². The highest BCUT2D eigenvalue weighted by molar-refractivity contribution is 9.10. The Morgan fingerprint density at radius 1 is 1.12 bits per heavy atom. The smallest absolute Gasteiger partial charge is 0.329 e. The molecule has 0 amide bonds. The summed E-state index contributed by atoms with van der Waals surface area (Å²) in [4.78, 5) is 10.6. The van der Waals surface area contributed by atoms with Gasteiger partial charge in [-0.3, -0.25) is 0 Å². The first-order valence-corrected chi connectivity index (χ1v) is 4.65. The number of alkyl halides is 3. The second-order valence-electron chi connectivity index (χ2n) is 2.65. The molecule has 2 rings (SSSR count). The van der Waals surface area contributed by atoms with Crippen LogP contribution in [-0.2, 0) is 6.18 Å². The number of halogens is 4. The molecule has 2 aromatic rings. The van der Waals surface area contributed by atoms with E-state index in [2.05, 4.69) is 40.6 Å². The van der Waals surface area contributed by atoms with Gasteiger partial charge in [-0.1, -0.05) is 5.16 Å². The Bertz CT molecular complexity index is 495. The summed E-state index contributed by atoms with van der Waals surface area (Å²) in [6.45, 7) is 0. The van der Waals surface area contributed by atoms with E-state index in [1.807, 2.05) is 0 Å². The summed E-state index contributed by atoms with van der Waals surface area (Å²) in [7, 11) is 0. The maximum absolute atomic E-state index is 12.1. The van der Waals surface area contributed by atoms with E-state index >= 15 is 0 Å². The molecule has 0 radical (unpaired) electrons. The molecule has 84 valence electrons. The van der Waals surface area contributed by atoms with Crippen molar-refractivity contribution in [3.63, 3.8) is 0 Å². The minimum absolute atomic E-state index is 0.0394. The van der Waals surface area contributed by atoms with E-state index in [1.165, 1.54) is 12.4 Å². The number of aromatic nitrogens is 4. The molecule has 0 spiro atoms. The van der Waals surface area contributed by atoms with Crippen molar-refractivity contribution >= 4 is 15.9 Å². The van der Waals surface area contributed by atoms with E-state index in [1.54, 1.807) is 0 Å². The fraction of sp³-hybridized carbons (Fsp3) is 0.143. The van der Waals surface area contributed by atoms with E-state index < -0.39 is 12.1 Å². The lowest BCUT2D eigenvalue weighted by Gasteiger charge is -1.95. The van der Waals surface area contributed by atoms with Gasteiger partial charge < -0.3 is 4.52 Å². The Kier molecular flexibility index (Phi) is 2.62. The van der Waals surface area contributed by atoms with Crippen LogP contribution < -0.4 is 0 Å². The molecule has 0 bridgehead atoms. The van der Waals surface area contributed by atoms with Gasteiger partial charge in [-0.2, -0.15) is 18.2 Å². The predicted octanol–water partition coefficient (Wildman–Crippen LogP) is 2.31. The number of rotatable bonds is 1. The maximum atomic E-state index is 12.1. The highest BCUT2D eigenvalue weighted by Gasteiger charge is 2.38. The molecule has 5 nitrogen and oxygen atoms in total. The van der Waals surface area contributed by atoms with Crippen molar-refractivity contribution in [2.24, 2.45) is 0 Å². The fourth-order valence-corrected chi connectivity index (χ4v) is 1.06. The largest absolute Gasteiger partial charge is 0.471 e. The molecule has 16 heavy (non-hydrogen) atoms. The van der Waals surface area contributed by atoms with Crippen LogP contribution in [0.1, 0.15) is 5.89 Å². The molecule has 0 saturated carbocycles. The molecular weight excluding hydrogens is 293 g/mol. The summed E-state index contributed by atoms with van der Waals surface area (Å²) in [5, 5.41) is 3.14. The minimum atomic E-state index is -4.67. The Morgan fingerprint density at radius 2 is 1.75 bits per heavy atom. The molecule has 2 heterocycles. The molecular formula is C7H2BrF3N4O. The van der Waals surface area contributed by atoms with Crippen molar-refractivity contribution in [1.82, 2.24) is 20.1 Å². The molecule has 0 saturated heterocycles. The van der Waals surface area contributed by atoms with Crippen molar-refractivity contribution in [3.8, 4) is 11.6 Å². The number of hydrogen-bond acceptors (Lipinski definition) is 5. The topological polar surface area (TPSA) is 64.7 Å². The third-order valence-corrected chi connectivity index (χ3v) is 1.90. The molecule has 9 heteroatoms. The molecule has 0 aliphatic heterocycles. The van der Waals surface area contributed by atoms with Gasteiger partial charge in [0.25, 0.3) is 0 Å². The zero-order valence-corrected chi connectivity index (χ0v) is 8.95. The lowest BCUT2D eigenvalue weighted by Crippen LogP contribution is -2.05. The summed E-state index contributed by atoms with van der Waals surface area (Å²) in [5.74, 6) is -1.77. The molecule has 0 aromatic carbocycles. The van der Waals surface area contributed by atoms with Gasteiger partial charge in [0.05, 0.1) is 4.47 Å². The lowest BCUT2D eigenvalue weighted by atomic mass is 10.5. The van der Waals surface area contributed by atoms with Gasteiger partial charge in [0, 0.05) is 12.4 Å². The van der Waals surface area contributed by atoms with E-state index in [0.29, 0.717) is 4.47 Å². The third kappa shape index (κ3) is 2.18. The molecule has 0 N–H and O–H groups in total. The molecule has 0 unspecified atom stereocenters. The maximum Gasteiger partial charge on any atom is 0.471 e. The van der Waals surface area contributed by atoms with Gasteiger partial charge in [-0.05, 0) is 15.9 Å². The quantitative estimate of drug-likeness (QED) is 0.807. The Morgan fingerprint density at radius 3 is 2.25 bits per heavy atom. The van der Waals surface area contributed by atoms with Crippen LogP contribution in [0.5, 0.6) is 0 Å². The number of nitrogens with zero attached hydrogens (tertiary/aromatic N) is 4. The second-order valence-corrected chi connectivity index (χ2v) is 3.56. The number of hydrogen-bond donors (Lipinski definition) is 0. The van der Waals surface area contributed by atoms with Crippen LogP contribution in [0.15, 0.2) is 21.4 Å². The normalized spacial score (nSPS) is 11.8. The molecule has 2 aromatic heterocycles. The molecule has 0 aliphatic carbocycles. The third-order valence-electron chi connectivity index (χ3n) is 1.49. The van der Waals surface area contributed by atoms with Gasteiger partial charge >= 0.3 is 12.1 Å². The van der Waals surface area contributed by atoms with Gasteiger partial charge in [0.15, 0.2) is 0 Å². The first-order valence-electron chi connectivity index (χ1n) is 3.85. The van der Waals surface area contributed by atoms with Crippen molar-refractivity contribution < 1.29 is 17.7 Å². The Labute approximate surface area is 94.8 Å². The zero-order valence-electron chi connectivity index (χ0n) is 7.36. The molecule has 0 fully saturated rings. The van der Waals surface area contributed by atoms with Crippen LogP contribution >= 0.6 is 15.9 Å².